The molecule has 0 saturated heterocycles. The molecule has 2 atom stereocenters. The van der Waals surface area contributed by atoms with E-state index in [0.29, 0.717) is 18.8 Å². The molecule has 13 nitrogen and oxygen atoms in total. The summed E-state index contributed by atoms with van der Waals surface area (Å²) in [5, 5.41) is 11.5. The van der Waals surface area contributed by atoms with Gasteiger partial charge in [0, 0.05) is 35.7 Å². The van der Waals surface area contributed by atoms with Crippen molar-refractivity contribution in [3.8, 4) is 11.1 Å². The summed E-state index contributed by atoms with van der Waals surface area (Å²) in [6.07, 6.45) is -1.68. The number of nitrogens with one attached hydrogen (secondary N) is 4. The largest absolute Gasteiger partial charge is 0.460 e. The lowest BCUT2D eigenvalue weighted by molar-refractivity contribution is -0.147. The van der Waals surface area contributed by atoms with Crippen molar-refractivity contribution in [2.24, 2.45) is 0 Å². The number of carbonyl (C=O) groups is 5. The Bertz CT molecular complexity index is 1890. The summed E-state index contributed by atoms with van der Waals surface area (Å²) in [5.41, 5.74) is 2.56. The number of hydrogen-bond donors (Lipinski definition) is 4. The average Bonchev–Trinajstić information content (AvgIpc) is 3.23. The zero-order chi connectivity index (χ0) is 42.0. The summed E-state index contributed by atoms with van der Waals surface area (Å²) in [5.74, 6) is -0.766. The molecule has 0 spiro atoms. The maximum atomic E-state index is 14.2. The van der Waals surface area contributed by atoms with Crippen LogP contribution in [0.4, 0.5) is 15.3 Å². The zero-order valence-electron chi connectivity index (χ0n) is 34.4. The van der Waals surface area contributed by atoms with Crippen molar-refractivity contribution in [2.75, 3.05) is 23.7 Å². The Labute approximate surface area is 340 Å². The van der Waals surface area contributed by atoms with Crippen LogP contribution in [0.1, 0.15) is 79.9 Å². The molecule has 308 valence electrons. The van der Waals surface area contributed by atoms with Gasteiger partial charge in [-0.05, 0) is 96.7 Å². The Morgan fingerprint density at radius 2 is 1.44 bits per heavy atom. The van der Waals surface area contributed by atoms with Gasteiger partial charge in [-0.3, -0.25) is 14.4 Å². The monoisotopic (exact) mass is 803 g/mol. The van der Waals surface area contributed by atoms with Crippen molar-refractivity contribution in [1.82, 2.24) is 21.3 Å². The Morgan fingerprint density at radius 3 is 2.11 bits per heavy atom. The molecule has 4 N–H and O–H groups in total. The fraction of sp³-hybridized carbons (Fsp3) is 0.465. The number of fused-ring (bicyclic) bond motifs is 1. The lowest BCUT2D eigenvalue weighted by Gasteiger charge is -2.29. The SMILES string of the molecule is C[C@H](CNC(C)(C)CC(=O)N[C@@H]1CSc2ccccc2N(Cc2ccc(-c3ccccc3CNC(=O)OC(C)(C)C)cc2)C1=O)OC(=O)CNC(=O)OC(C)(C)C. The van der Waals surface area contributed by atoms with E-state index in [1.807, 2.05) is 107 Å². The van der Waals surface area contributed by atoms with Crippen LogP contribution in [-0.4, -0.2) is 77.7 Å². The molecule has 0 unspecified atom stereocenters. The van der Waals surface area contributed by atoms with Crippen molar-refractivity contribution >= 4 is 47.4 Å². The second-order valence-electron chi connectivity index (χ2n) is 16.6. The Hall–Kier alpha value is -5.08. The highest BCUT2D eigenvalue weighted by atomic mass is 32.2. The Kier molecular flexibility index (Phi) is 15.2. The molecular weight excluding hydrogens is 747 g/mol. The van der Waals surface area contributed by atoms with Crippen LogP contribution in [0.3, 0.4) is 0 Å². The first kappa shape index (κ1) is 44.6. The van der Waals surface area contributed by atoms with E-state index >= 15 is 0 Å². The van der Waals surface area contributed by atoms with Gasteiger partial charge in [0.2, 0.25) is 5.91 Å². The lowest BCUT2D eigenvalue weighted by atomic mass is 9.98. The predicted octanol–water partition coefficient (Wildman–Crippen LogP) is 6.72. The van der Waals surface area contributed by atoms with Crippen molar-refractivity contribution in [3.05, 3.63) is 83.9 Å². The number of hydrogen-bond acceptors (Lipinski definition) is 10. The first-order chi connectivity index (χ1) is 26.7. The molecule has 0 aromatic heterocycles. The van der Waals surface area contributed by atoms with Gasteiger partial charge in [0.05, 0.1) is 12.2 Å². The molecule has 1 aliphatic heterocycles. The summed E-state index contributed by atoms with van der Waals surface area (Å²) < 4.78 is 15.9. The van der Waals surface area contributed by atoms with Crippen LogP contribution in [-0.2, 0) is 41.7 Å². The number of para-hydroxylation sites is 1. The third-order valence-electron chi connectivity index (χ3n) is 8.49. The average molecular weight is 804 g/mol. The van der Waals surface area contributed by atoms with Gasteiger partial charge in [-0.1, -0.05) is 60.7 Å². The number of ether oxygens (including phenoxy) is 3. The number of alkyl carbamates (subject to hydrolysis) is 2. The fourth-order valence-corrected chi connectivity index (χ4v) is 7.00. The molecule has 4 rings (SSSR count). The van der Waals surface area contributed by atoms with Gasteiger partial charge in [-0.15, -0.1) is 11.8 Å². The summed E-state index contributed by atoms with van der Waals surface area (Å²) in [4.78, 5) is 66.7. The molecule has 1 heterocycles. The van der Waals surface area contributed by atoms with Gasteiger partial charge in [0.15, 0.2) is 0 Å². The highest BCUT2D eigenvalue weighted by Crippen LogP contribution is 2.35. The van der Waals surface area contributed by atoms with Crippen molar-refractivity contribution < 1.29 is 38.2 Å². The Balaban J connectivity index is 1.36. The molecule has 14 heteroatoms. The van der Waals surface area contributed by atoms with Gasteiger partial charge in [0.25, 0.3) is 5.91 Å². The van der Waals surface area contributed by atoms with Gasteiger partial charge < -0.3 is 40.4 Å². The summed E-state index contributed by atoms with van der Waals surface area (Å²) in [6, 6.07) is 22.8. The number of thioether (sulfide) groups is 1. The fourth-order valence-electron chi connectivity index (χ4n) is 5.93. The molecular formula is C43H57N5O8S. The molecule has 0 saturated carbocycles. The van der Waals surface area contributed by atoms with Gasteiger partial charge in [-0.2, -0.15) is 0 Å². The number of benzene rings is 3. The topological polar surface area (TPSA) is 164 Å². The van der Waals surface area contributed by atoms with E-state index in [2.05, 4.69) is 21.3 Å². The zero-order valence-corrected chi connectivity index (χ0v) is 35.3. The molecule has 4 amide bonds. The minimum absolute atomic E-state index is 0.0610. The van der Waals surface area contributed by atoms with Crippen LogP contribution < -0.4 is 26.2 Å². The van der Waals surface area contributed by atoms with E-state index < -0.39 is 47.0 Å². The first-order valence-corrected chi connectivity index (χ1v) is 20.0. The van der Waals surface area contributed by atoms with Gasteiger partial charge in [0.1, 0.15) is 29.9 Å². The quantitative estimate of drug-likeness (QED) is 0.102. The van der Waals surface area contributed by atoms with Crippen LogP contribution in [0.5, 0.6) is 0 Å². The predicted molar refractivity (Wildman–Crippen MR) is 222 cm³/mol. The van der Waals surface area contributed by atoms with Gasteiger partial charge >= 0.3 is 18.2 Å². The number of rotatable bonds is 14. The number of anilines is 1. The third kappa shape index (κ3) is 14.7. The normalized spacial score (nSPS) is 15.1. The van der Waals surface area contributed by atoms with Crippen molar-refractivity contribution in [1.29, 1.82) is 0 Å². The minimum Gasteiger partial charge on any atom is -0.460 e. The summed E-state index contributed by atoms with van der Waals surface area (Å²) >= 11 is 1.52. The van der Waals surface area contributed by atoms with E-state index in [-0.39, 0.29) is 31.3 Å². The van der Waals surface area contributed by atoms with E-state index in [9.17, 15) is 24.0 Å². The van der Waals surface area contributed by atoms with E-state index in [0.717, 1.165) is 32.8 Å². The molecule has 57 heavy (non-hydrogen) atoms. The van der Waals surface area contributed by atoms with Crippen LogP contribution in [0.15, 0.2) is 77.7 Å². The number of nitrogens with zero attached hydrogens (tertiary/aromatic N) is 1. The van der Waals surface area contributed by atoms with Crippen molar-refractivity contribution in [2.45, 2.75) is 116 Å². The Morgan fingerprint density at radius 1 is 0.825 bits per heavy atom. The molecule has 0 aliphatic carbocycles. The highest BCUT2D eigenvalue weighted by molar-refractivity contribution is 7.99. The maximum Gasteiger partial charge on any atom is 0.408 e. The summed E-state index contributed by atoms with van der Waals surface area (Å²) in [6.45, 7) is 16.6. The van der Waals surface area contributed by atoms with E-state index in [1.165, 1.54) is 11.8 Å². The van der Waals surface area contributed by atoms with Crippen LogP contribution >= 0.6 is 11.8 Å². The maximum absolute atomic E-state index is 14.2. The first-order valence-electron chi connectivity index (χ1n) is 19.1. The van der Waals surface area contributed by atoms with E-state index in [4.69, 9.17) is 14.2 Å². The lowest BCUT2D eigenvalue weighted by Crippen LogP contribution is -2.52. The third-order valence-corrected chi connectivity index (χ3v) is 9.64. The second-order valence-corrected chi connectivity index (χ2v) is 17.7. The van der Waals surface area contributed by atoms with Crippen LogP contribution in [0.2, 0.25) is 0 Å². The number of carbonyl (C=O) groups excluding carboxylic acids is 5. The summed E-state index contributed by atoms with van der Waals surface area (Å²) in [7, 11) is 0. The smallest absolute Gasteiger partial charge is 0.408 e. The van der Waals surface area contributed by atoms with E-state index in [1.54, 1.807) is 32.6 Å². The van der Waals surface area contributed by atoms with Crippen LogP contribution in [0.25, 0.3) is 11.1 Å². The number of amides is 4. The van der Waals surface area contributed by atoms with Gasteiger partial charge in [-0.25, -0.2) is 9.59 Å². The highest BCUT2D eigenvalue weighted by Gasteiger charge is 2.33. The molecule has 3 aromatic carbocycles. The second kappa shape index (κ2) is 19.4. The molecule has 0 bridgehead atoms. The van der Waals surface area contributed by atoms with Crippen LogP contribution in [0, 0.1) is 0 Å². The molecule has 1 aliphatic rings. The standard InChI is InChI=1S/C43H57N5O8S/c1-28(54-37(50)25-45-40(53)56-42(5,6)7)23-46-43(8,9)22-36(49)47-33-27-57-35-17-13-12-16-34(35)48(38(33)51)26-29-18-20-30(21-19-29)32-15-11-10-14-31(32)24-44-39(52)55-41(2,3)4/h10-21,28,33,46H,22-27H2,1-9H3,(H,44,52)(H,45,53)(H,47,49)/t28-,33-/m1/s1. The number of esters is 1. The molecule has 0 fully saturated rings. The molecule has 0 radical (unpaired) electrons. The van der Waals surface area contributed by atoms with Crippen molar-refractivity contribution in [3.63, 3.8) is 0 Å². The molecule has 3 aromatic rings. The minimum atomic E-state index is -0.772.